The second kappa shape index (κ2) is 3.63. The molecular weight excluding hydrogens is 240 g/mol. The van der Waals surface area contributed by atoms with Crippen molar-refractivity contribution in [2.75, 3.05) is 0 Å². The summed E-state index contributed by atoms with van der Waals surface area (Å²) in [4.78, 5) is 12.4. The lowest BCUT2D eigenvalue weighted by Gasteiger charge is -2.34. The average molecular weight is 262 g/mol. The molecule has 3 heteroatoms. The molecule has 2 aliphatic heterocycles. The maximum atomic E-state index is 12.4. The van der Waals surface area contributed by atoms with Gasteiger partial charge in [-0.15, -0.1) is 0 Å². The molecule has 0 spiro atoms. The Kier molecular flexibility index (Phi) is 2.28. The van der Waals surface area contributed by atoms with E-state index in [0.29, 0.717) is 29.8 Å². The minimum atomic E-state index is -0.372. The van der Waals surface area contributed by atoms with Gasteiger partial charge in [0.05, 0.1) is 18.1 Å². The summed E-state index contributed by atoms with van der Waals surface area (Å²) in [7, 11) is 0. The van der Waals surface area contributed by atoms with Gasteiger partial charge in [0.25, 0.3) is 0 Å². The molecule has 0 aromatic carbocycles. The molecule has 3 fully saturated rings. The molecule has 0 N–H and O–H groups in total. The zero-order valence-electron chi connectivity index (χ0n) is 11.8. The number of esters is 1. The van der Waals surface area contributed by atoms with Gasteiger partial charge in [-0.05, 0) is 57.3 Å². The molecule has 2 heterocycles. The Labute approximate surface area is 114 Å². The van der Waals surface area contributed by atoms with Gasteiger partial charge in [0.2, 0.25) is 0 Å². The third-order valence-corrected chi connectivity index (χ3v) is 5.40. The predicted molar refractivity (Wildman–Crippen MR) is 70.3 cm³/mol. The Bertz CT molecular complexity index is 447. The van der Waals surface area contributed by atoms with Crippen LogP contribution in [0.1, 0.15) is 33.6 Å². The number of ether oxygens (including phenoxy) is 2. The molecule has 0 aromatic rings. The number of fused-ring (bicyclic) bond motifs is 9. The Morgan fingerprint density at radius 2 is 1.84 bits per heavy atom. The van der Waals surface area contributed by atoms with Crippen LogP contribution < -0.4 is 0 Å². The van der Waals surface area contributed by atoms with E-state index in [-0.39, 0.29) is 23.6 Å². The lowest BCUT2D eigenvalue weighted by Crippen LogP contribution is -2.39. The highest BCUT2D eigenvalue weighted by Crippen LogP contribution is 2.63. The van der Waals surface area contributed by atoms with Crippen LogP contribution in [-0.4, -0.2) is 23.8 Å². The maximum absolute atomic E-state index is 12.4. The van der Waals surface area contributed by atoms with E-state index in [9.17, 15) is 4.79 Å². The van der Waals surface area contributed by atoms with Gasteiger partial charge in [-0.3, -0.25) is 4.79 Å². The summed E-state index contributed by atoms with van der Waals surface area (Å²) < 4.78 is 11.6. The van der Waals surface area contributed by atoms with Crippen LogP contribution in [0.15, 0.2) is 12.2 Å². The zero-order valence-corrected chi connectivity index (χ0v) is 11.8. The molecule has 3 nitrogen and oxygen atoms in total. The van der Waals surface area contributed by atoms with Crippen molar-refractivity contribution in [3.05, 3.63) is 12.2 Å². The van der Waals surface area contributed by atoms with Gasteiger partial charge in [0, 0.05) is 0 Å². The minimum absolute atomic E-state index is 0.0187. The van der Waals surface area contributed by atoms with Crippen LogP contribution in [0.3, 0.4) is 0 Å². The standard InChI is InChI=1S/C16H22O3/c1-16(2,3)19-15(17)10-7-8-6-9(10)14-12-5-4-11(18-12)13(8)14/h4-5,8-14H,6-7H2,1-3H3/t8-,9+,10?,11+,12?,13?,14?/m1/s1. The molecule has 4 unspecified atom stereocenters. The first kappa shape index (κ1) is 12.0. The van der Waals surface area contributed by atoms with Crippen LogP contribution in [-0.2, 0) is 14.3 Å². The van der Waals surface area contributed by atoms with Crippen molar-refractivity contribution in [1.29, 1.82) is 0 Å². The van der Waals surface area contributed by atoms with E-state index in [2.05, 4.69) is 12.2 Å². The Morgan fingerprint density at radius 1 is 1.16 bits per heavy atom. The topological polar surface area (TPSA) is 35.5 Å². The van der Waals surface area contributed by atoms with Crippen molar-refractivity contribution in [1.82, 2.24) is 0 Å². The van der Waals surface area contributed by atoms with Gasteiger partial charge in [0.15, 0.2) is 0 Å². The summed E-state index contributed by atoms with van der Waals surface area (Å²) in [6.07, 6.45) is 7.27. The molecule has 1 saturated heterocycles. The van der Waals surface area contributed by atoms with Crippen molar-refractivity contribution in [2.24, 2.45) is 29.6 Å². The first-order chi connectivity index (χ1) is 8.94. The number of hydrogen-bond donors (Lipinski definition) is 0. The van der Waals surface area contributed by atoms with Crippen LogP contribution in [0, 0.1) is 29.6 Å². The maximum Gasteiger partial charge on any atom is 0.309 e. The Balaban J connectivity index is 1.54. The average Bonchev–Trinajstić information content (AvgIpc) is 3.04. The molecule has 4 bridgehead atoms. The first-order valence-electron chi connectivity index (χ1n) is 7.51. The third-order valence-electron chi connectivity index (χ3n) is 5.40. The lowest BCUT2D eigenvalue weighted by atomic mass is 9.69. The summed E-state index contributed by atoms with van der Waals surface area (Å²) in [5.41, 5.74) is -0.372. The smallest absolute Gasteiger partial charge is 0.309 e. The molecule has 0 aromatic heterocycles. The Morgan fingerprint density at radius 3 is 2.53 bits per heavy atom. The van der Waals surface area contributed by atoms with Gasteiger partial charge in [-0.2, -0.15) is 0 Å². The van der Waals surface area contributed by atoms with Gasteiger partial charge in [-0.1, -0.05) is 12.2 Å². The van der Waals surface area contributed by atoms with Crippen LogP contribution >= 0.6 is 0 Å². The number of carbonyl (C=O) groups is 1. The molecule has 7 atom stereocenters. The van der Waals surface area contributed by atoms with E-state index in [1.807, 2.05) is 20.8 Å². The van der Waals surface area contributed by atoms with Gasteiger partial charge in [0.1, 0.15) is 5.60 Å². The quantitative estimate of drug-likeness (QED) is 0.538. The van der Waals surface area contributed by atoms with Crippen LogP contribution in [0.4, 0.5) is 0 Å². The summed E-state index contributed by atoms with van der Waals surface area (Å²) in [5, 5.41) is 0. The third kappa shape index (κ3) is 1.63. The van der Waals surface area contributed by atoms with Crippen molar-refractivity contribution in [2.45, 2.75) is 51.4 Å². The highest BCUT2D eigenvalue weighted by Gasteiger charge is 2.63. The van der Waals surface area contributed by atoms with E-state index in [1.165, 1.54) is 6.42 Å². The molecule has 0 radical (unpaired) electrons. The highest BCUT2D eigenvalue weighted by atomic mass is 16.6. The van der Waals surface area contributed by atoms with Crippen molar-refractivity contribution < 1.29 is 14.3 Å². The van der Waals surface area contributed by atoms with Crippen LogP contribution in [0.5, 0.6) is 0 Å². The van der Waals surface area contributed by atoms with E-state index in [1.54, 1.807) is 0 Å². The fourth-order valence-electron chi connectivity index (χ4n) is 4.98. The SMILES string of the molecule is CC(C)(C)OC(=O)C1C[C@H]2C[C@@H]1C1C3C=C[C@H](O3)C12. The predicted octanol–water partition coefficient (Wildman–Crippen LogP) is 2.55. The molecule has 104 valence electrons. The summed E-state index contributed by atoms with van der Waals surface area (Å²) in [6.45, 7) is 5.85. The fourth-order valence-corrected chi connectivity index (χ4v) is 4.98. The molecule has 2 saturated carbocycles. The molecule has 4 rings (SSSR count). The molecular formula is C16H22O3. The fraction of sp³-hybridized carbons (Fsp3) is 0.812. The molecule has 4 aliphatic rings. The Hall–Kier alpha value is -0.830. The molecule has 0 amide bonds. The second-order valence-corrected chi connectivity index (χ2v) is 7.64. The zero-order chi connectivity index (χ0) is 13.4. The lowest BCUT2D eigenvalue weighted by molar-refractivity contribution is -0.163. The van der Waals surface area contributed by atoms with Crippen molar-refractivity contribution in [3.63, 3.8) is 0 Å². The monoisotopic (exact) mass is 262 g/mol. The highest BCUT2D eigenvalue weighted by molar-refractivity contribution is 5.74. The van der Waals surface area contributed by atoms with Gasteiger partial charge in [-0.25, -0.2) is 0 Å². The summed E-state index contributed by atoms with van der Waals surface area (Å²) in [5.74, 6) is 2.55. The normalized spacial score (nSPS) is 49.7. The number of hydrogen-bond acceptors (Lipinski definition) is 3. The number of carbonyl (C=O) groups excluding carboxylic acids is 1. The first-order valence-corrected chi connectivity index (χ1v) is 7.51. The van der Waals surface area contributed by atoms with Gasteiger partial charge >= 0.3 is 5.97 Å². The van der Waals surface area contributed by atoms with Crippen LogP contribution in [0.2, 0.25) is 0 Å². The van der Waals surface area contributed by atoms with Crippen molar-refractivity contribution in [3.8, 4) is 0 Å². The summed E-state index contributed by atoms with van der Waals surface area (Å²) >= 11 is 0. The van der Waals surface area contributed by atoms with E-state index in [0.717, 1.165) is 6.42 Å². The molecule has 2 aliphatic carbocycles. The van der Waals surface area contributed by atoms with E-state index in [4.69, 9.17) is 9.47 Å². The van der Waals surface area contributed by atoms with Gasteiger partial charge < -0.3 is 9.47 Å². The minimum Gasteiger partial charge on any atom is -0.460 e. The summed E-state index contributed by atoms with van der Waals surface area (Å²) in [6, 6.07) is 0. The number of rotatable bonds is 1. The van der Waals surface area contributed by atoms with E-state index < -0.39 is 0 Å². The van der Waals surface area contributed by atoms with Crippen molar-refractivity contribution >= 4 is 5.97 Å². The van der Waals surface area contributed by atoms with Crippen LogP contribution in [0.25, 0.3) is 0 Å². The van der Waals surface area contributed by atoms with E-state index >= 15 is 0 Å². The largest absolute Gasteiger partial charge is 0.460 e. The second-order valence-electron chi connectivity index (χ2n) is 7.64. The molecule has 19 heavy (non-hydrogen) atoms.